The zero-order chi connectivity index (χ0) is 18.5. The Kier molecular flexibility index (Phi) is 6.06. The van der Waals surface area contributed by atoms with E-state index >= 15 is 0 Å². The fourth-order valence-electron chi connectivity index (χ4n) is 3.07. The molecule has 1 saturated carbocycles. The predicted octanol–water partition coefficient (Wildman–Crippen LogP) is 1.46. The molecule has 26 heavy (non-hydrogen) atoms. The number of rotatable bonds is 7. The van der Waals surface area contributed by atoms with E-state index in [1.165, 1.54) is 0 Å². The summed E-state index contributed by atoms with van der Waals surface area (Å²) in [7, 11) is 0. The molecule has 1 aromatic rings. The standard InChI is InChI=1S/C20H26N2O4/c1-13(14-5-3-2-4-6-14)21-19(24)11-16-9-10-17(18(12-23)26-16)22-20(25)15-7-8-15/h2-6,9-10,13,15-18,23H,7-8,11-12H2,1H3,(H,21,24)(H,22,25)/t13-,16-,17+,18+/m1/s1. The van der Waals surface area contributed by atoms with Crippen LogP contribution in [0.3, 0.4) is 0 Å². The van der Waals surface area contributed by atoms with Crippen LogP contribution in [0.5, 0.6) is 0 Å². The first-order chi connectivity index (χ1) is 12.6. The SMILES string of the molecule is C[C@@H](NC(=O)C[C@H]1C=C[C@H](NC(=O)C2CC2)[C@H](CO)O1)c1ccccc1. The lowest BCUT2D eigenvalue weighted by Crippen LogP contribution is -2.49. The van der Waals surface area contributed by atoms with Gasteiger partial charge in [0.2, 0.25) is 11.8 Å². The molecule has 0 unspecified atom stereocenters. The molecule has 0 aromatic heterocycles. The van der Waals surface area contributed by atoms with E-state index in [4.69, 9.17) is 4.74 Å². The van der Waals surface area contributed by atoms with Gasteiger partial charge in [-0.25, -0.2) is 0 Å². The Morgan fingerprint density at radius 3 is 2.62 bits per heavy atom. The Bertz CT molecular complexity index is 657. The minimum Gasteiger partial charge on any atom is -0.394 e. The van der Waals surface area contributed by atoms with Crippen LogP contribution in [-0.2, 0) is 14.3 Å². The Morgan fingerprint density at radius 1 is 1.23 bits per heavy atom. The van der Waals surface area contributed by atoms with Crippen molar-refractivity contribution in [3.8, 4) is 0 Å². The van der Waals surface area contributed by atoms with E-state index < -0.39 is 12.2 Å². The number of benzene rings is 1. The molecule has 1 aromatic carbocycles. The zero-order valence-corrected chi connectivity index (χ0v) is 14.9. The quantitative estimate of drug-likeness (QED) is 0.644. The number of carbonyl (C=O) groups is 2. The molecule has 0 bridgehead atoms. The maximum absolute atomic E-state index is 12.3. The first-order valence-electron chi connectivity index (χ1n) is 9.16. The average Bonchev–Trinajstić information content (AvgIpc) is 3.48. The van der Waals surface area contributed by atoms with E-state index in [0.717, 1.165) is 18.4 Å². The molecule has 140 valence electrons. The van der Waals surface area contributed by atoms with E-state index in [0.29, 0.717) is 0 Å². The van der Waals surface area contributed by atoms with Crippen LogP contribution in [0.2, 0.25) is 0 Å². The molecule has 1 heterocycles. The lowest BCUT2D eigenvalue weighted by atomic mass is 10.0. The number of hydrogen-bond donors (Lipinski definition) is 3. The molecule has 1 fully saturated rings. The Labute approximate surface area is 153 Å². The molecule has 3 N–H and O–H groups in total. The number of hydrogen-bond acceptors (Lipinski definition) is 4. The average molecular weight is 358 g/mol. The first kappa shape index (κ1) is 18.6. The number of aliphatic hydroxyl groups is 1. The predicted molar refractivity (Wildman–Crippen MR) is 97.2 cm³/mol. The smallest absolute Gasteiger partial charge is 0.223 e. The van der Waals surface area contributed by atoms with Crippen molar-refractivity contribution in [2.45, 2.75) is 50.5 Å². The molecule has 0 spiro atoms. The van der Waals surface area contributed by atoms with Crippen LogP contribution < -0.4 is 10.6 Å². The summed E-state index contributed by atoms with van der Waals surface area (Å²) < 4.78 is 5.79. The van der Waals surface area contributed by atoms with Crippen LogP contribution in [0.4, 0.5) is 0 Å². The van der Waals surface area contributed by atoms with Crippen molar-refractivity contribution in [2.75, 3.05) is 6.61 Å². The fraction of sp³-hybridized carbons (Fsp3) is 0.500. The Hall–Kier alpha value is -2.18. The lowest BCUT2D eigenvalue weighted by Gasteiger charge is -2.32. The van der Waals surface area contributed by atoms with Crippen molar-refractivity contribution < 1.29 is 19.4 Å². The van der Waals surface area contributed by atoms with Crippen molar-refractivity contribution in [1.82, 2.24) is 10.6 Å². The van der Waals surface area contributed by atoms with Gasteiger partial charge in [-0.05, 0) is 25.3 Å². The van der Waals surface area contributed by atoms with Crippen molar-refractivity contribution in [3.63, 3.8) is 0 Å². The van der Waals surface area contributed by atoms with Crippen LogP contribution in [0.15, 0.2) is 42.5 Å². The molecule has 0 radical (unpaired) electrons. The number of amides is 2. The highest BCUT2D eigenvalue weighted by Gasteiger charge is 2.34. The fourth-order valence-corrected chi connectivity index (χ4v) is 3.07. The highest BCUT2D eigenvalue weighted by Crippen LogP contribution is 2.29. The summed E-state index contributed by atoms with van der Waals surface area (Å²) >= 11 is 0. The maximum Gasteiger partial charge on any atom is 0.223 e. The third-order valence-corrected chi connectivity index (χ3v) is 4.78. The Morgan fingerprint density at radius 2 is 1.96 bits per heavy atom. The topological polar surface area (TPSA) is 87.7 Å². The van der Waals surface area contributed by atoms with Gasteiger partial charge >= 0.3 is 0 Å². The molecule has 2 aliphatic rings. The monoisotopic (exact) mass is 358 g/mol. The summed E-state index contributed by atoms with van der Waals surface area (Å²) in [5.41, 5.74) is 1.04. The summed E-state index contributed by atoms with van der Waals surface area (Å²) in [6.45, 7) is 1.73. The largest absolute Gasteiger partial charge is 0.394 e. The third-order valence-electron chi connectivity index (χ3n) is 4.78. The van der Waals surface area contributed by atoms with Crippen LogP contribution in [0.1, 0.15) is 37.8 Å². The van der Waals surface area contributed by atoms with Gasteiger partial charge < -0.3 is 20.5 Å². The van der Waals surface area contributed by atoms with Crippen LogP contribution in [-0.4, -0.2) is 41.8 Å². The summed E-state index contributed by atoms with van der Waals surface area (Å²) in [6, 6.07) is 9.31. The van der Waals surface area contributed by atoms with Gasteiger partial charge in [-0.15, -0.1) is 0 Å². The van der Waals surface area contributed by atoms with E-state index in [9.17, 15) is 14.7 Å². The highest BCUT2D eigenvalue weighted by atomic mass is 16.5. The summed E-state index contributed by atoms with van der Waals surface area (Å²) in [6.07, 6.45) is 4.69. The second-order valence-electron chi connectivity index (χ2n) is 6.99. The molecule has 1 aliphatic heterocycles. The number of carbonyl (C=O) groups excluding carboxylic acids is 2. The summed E-state index contributed by atoms with van der Waals surface area (Å²) in [5, 5.41) is 15.4. The first-order valence-corrected chi connectivity index (χ1v) is 9.16. The normalized spacial score (nSPS) is 26.2. The van der Waals surface area contributed by atoms with E-state index in [-0.39, 0.29) is 42.8 Å². The molecular weight excluding hydrogens is 332 g/mol. The highest BCUT2D eigenvalue weighted by molar-refractivity contribution is 5.81. The molecule has 4 atom stereocenters. The van der Waals surface area contributed by atoms with Crippen molar-refractivity contribution >= 4 is 11.8 Å². The van der Waals surface area contributed by atoms with Gasteiger partial charge in [-0.3, -0.25) is 9.59 Å². The van der Waals surface area contributed by atoms with Crippen LogP contribution >= 0.6 is 0 Å². The molecule has 6 heteroatoms. The van der Waals surface area contributed by atoms with Gasteiger partial charge in [-0.1, -0.05) is 42.5 Å². The number of ether oxygens (including phenoxy) is 1. The molecular formula is C20H26N2O4. The van der Waals surface area contributed by atoms with Crippen molar-refractivity contribution in [3.05, 3.63) is 48.0 Å². The Balaban J connectivity index is 1.51. The maximum atomic E-state index is 12.3. The minimum atomic E-state index is -0.535. The number of nitrogens with one attached hydrogen (secondary N) is 2. The number of aliphatic hydroxyl groups excluding tert-OH is 1. The van der Waals surface area contributed by atoms with Gasteiger partial charge in [-0.2, -0.15) is 0 Å². The van der Waals surface area contributed by atoms with Crippen molar-refractivity contribution in [2.24, 2.45) is 5.92 Å². The molecule has 0 saturated heterocycles. The van der Waals surface area contributed by atoms with Gasteiger partial charge in [0, 0.05) is 5.92 Å². The van der Waals surface area contributed by atoms with Crippen LogP contribution in [0, 0.1) is 5.92 Å². The van der Waals surface area contributed by atoms with Gasteiger partial charge in [0.15, 0.2) is 0 Å². The summed E-state index contributed by atoms with van der Waals surface area (Å²) in [4.78, 5) is 24.2. The zero-order valence-electron chi connectivity index (χ0n) is 14.9. The van der Waals surface area contributed by atoms with Crippen LogP contribution in [0.25, 0.3) is 0 Å². The summed E-state index contributed by atoms with van der Waals surface area (Å²) in [5.74, 6) is -0.00606. The molecule has 1 aliphatic carbocycles. The molecule has 6 nitrogen and oxygen atoms in total. The van der Waals surface area contributed by atoms with Gasteiger partial charge in [0.05, 0.1) is 31.2 Å². The van der Waals surface area contributed by atoms with E-state index in [1.54, 1.807) is 6.08 Å². The van der Waals surface area contributed by atoms with Crippen molar-refractivity contribution in [1.29, 1.82) is 0 Å². The van der Waals surface area contributed by atoms with E-state index in [2.05, 4.69) is 10.6 Å². The minimum absolute atomic E-state index is 0.00887. The third kappa shape index (κ3) is 4.93. The second-order valence-corrected chi connectivity index (χ2v) is 6.99. The second kappa shape index (κ2) is 8.47. The van der Waals surface area contributed by atoms with E-state index in [1.807, 2.05) is 43.3 Å². The van der Waals surface area contributed by atoms with Gasteiger partial charge in [0.25, 0.3) is 0 Å². The molecule has 3 rings (SSSR count). The molecule has 2 amide bonds. The lowest BCUT2D eigenvalue weighted by molar-refractivity contribution is -0.129. The van der Waals surface area contributed by atoms with Gasteiger partial charge in [0.1, 0.15) is 6.10 Å².